The quantitative estimate of drug-likeness (QED) is 0.883. The van der Waals surface area contributed by atoms with Gasteiger partial charge in [-0.1, -0.05) is 6.92 Å². The number of thiazole rings is 1. The molecule has 2 rings (SSSR count). The summed E-state index contributed by atoms with van der Waals surface area (Å²) in [6.45, 7) is 4.23. The number of rotatable bonds is 3. The van der Waals surface area contributed by atoms with Crippen LogP contribution in [0.5, 0.6) is 0 Å². The highest BCUT2D eigenvalue weighted by molar-refractivity contribution is 7.12. The van der Waals surface area contributed by atoms with Crippen molar-refractivity contribution in [2.24, 2.45) is 5.73 Å². The number of fused-ring (bicyclic) bond motifs is 1. The summed E-state index contributed by atoms with van der Waals surface area (Å²) in [5.41, 5.74) is 7.07. The molecule has 0 amide bonds. The molecule has 0 spiro atoms. The Kier molecular flexibility index (Phi) is 3.33. The molecule has 0 bridgehead atoms. The van der Waals surface area contributed by atoms with Gasteiger partial charge in [-0.3, -0.25) is 0 Å². The number of hydrogen-bond acceptors (Lipinski definition) is 4. The fraction of sp³-hybridized carbons (Fsp3) is 0.750. The third-order valence-corrected chi connectivity index (χ3v) is 5.05. The van der Waals surface area contributed by atoms with E-state index in [2.05, 4.69) is 13.8 Å². The Balaban J connectivity index is 2.37. The van der Waals surface area contributed by atoms with Gasteiger partial charge in [-0.2, -0.15) is 0 Å². The molecule has 90 valence electrons. The molecule has 0 aliphatic heterocycles. The van der Waals surface area contributed by atoms with Crippen LogP contribution >= 0.6 is 11.3 Å². The molecule has 0 aromatic carbocycles. The first-order valence-electron chi connectivity index (χ1n) is 5.91. The SMILES string of the molecule is CCC(C)(OC)c1nc2c(s1)C(N)CCC2. The normalized spacial score (nSPS) is 23.9. The predicted molar refractivity (Wildman–Crippen MR) is 66.6 cm³/mol. The highest BCUT2D eigenvalue weighted by Crippen LogP contribution is 2.38. The van der Waals surface area contributed by atoms with E-state index in [0.29, 0.717) is 0 Å². The van der Waals surface area contributed by atoms with Crippen LogP contribution in [0.2, 0.25) is 0 Å². The number of aromatic nitrogens is 1. The van der Waals surface area contributed by atoms with Crippen molar-refractivity contribution in [2.45, 2.75) is 51.2 Å². The van der Waals surface area contributed by atoms with E-state index in [-0.39, 0.29) is 11.6 Å². The van der Waals surface area contributed by atoms with Gasteiger partial charge in [0, 0.05) is 18.0 Å². The minimum absolute atomic E-state index is 0.188. The lowest BCUT2D eigenvalue weighted by Crippen LogP contribution is -2.22. The van der Waals surface area contributed by atoms with Crippen LogP contribution in [0, 0.1) is 0 Å². The zero-order valence-corrected chi connectivity index (χ0v) is 11.1. The second-order valence-electron chi connectivity index (χ2n) is 4.62. The van der Waals surface area contributed by atoms with Crippen LogP contribution in [0.1, 0.15) is 54.7 Å². The topological polar surface area (TPSA) is 48.1 Å². The molecule has 2 atom stereocenters. The fourth-order valence-electron chi connectivity index (χ4n) is 2.06. The van der Waals surface area contributed by atoms with Gasteiger partial charge in [0.15, 0.2) is 0 Å². The van der Waals surface area contributed by atoms with Crippen LogP contribution in [-0.2, 0) is 16.8 Å². The van der Waals surface area contributed by atoms with Crippen molar-refractivity contribution >= 4 is 11.3 Å². The molecule has 1 aromatic heterocycles. The van der Waals surface area contributed by atoms with Crippen LogP contribution in [0.15, 0.2) is 0 Å². The number of ether oxygens (including phenoxy) is 1. The Labute approximate surface area is 101 Å². The maximum Gasteiger partial charge on any atom is 0.125 e. The van der Waals surface area contributed by atoms with E-state index in [4.69, 9.17) is 15.5 Å². The maximum absolute atomic E-state index is 6.12. The summed E-state index contributed by atoms with van der Waals surface area (Å²) in [6, 6.07) is 0.188. The van der Waals surface area contributed by atoms with E-state index in [1.165, 1.54) is 10.6 Å². The number of nitrogens with zero attached hydrogens (tertiary/aromatic N) is 1. The van der Waals surface area contributed by atoms with E-state index in [0.717, 1.165) is 30.7 Å². The standard InChI is InChI=1S/C12H20N2OS/c1-4-12(2,15-3)11-14-9-7-5-6-8(13)10(9)16-11/h8H,4-7,13H2,1-3H3. The fourth-order valence-corrected chi connectivity index (χ4v) is 3.40. The molecule has 0 saturated carbocycles. The van der Waals surface area contributed by atoms with Crippen LogP contribution in [0.3, 0.4) is 0 Å². The Morgan fingerprint density at radius 3 is 2.94 bits per heavy atom. The van der Waals surface area contributed by atoms with E-state index in [9.17, 15) is 0 Å². The summed E-state index contributed by atoms with van der Waals surface area (Å²) < 4.78 is 5.59. The molecule has 0 radical (unpaired) electrons. The molecular formula is C12H20N2OS. The summed E-state index contributed by atoms with van der Waals surface area (Å²) in [5, 5.41) is 1.08. The molecule has 1 heterocycles. The third-order valence-electron chi connectivity index (χ3n) is 3.57. The molecule has 2 unspecified atom stereocenters. The molecule has 1 aliphatic rings. The van der Waals surface area contributed by atoms with E-state index >= 15 is 0 Å². The number of nitrogens with two attached hydrogens (primary N) is 1. The molecule has 1 aromatic rings. The van der Waals surface area contributed by atoms with Gasteiger partial charge in [-0.05, 0) is 32.6 Å². The monoisotopic (exact) mass is 240 g/mol. The average Bonchev–Trinajstić information content (AvgIpc) is 2.74. The Morgan fingerprint density at radius 2 is 2.38 bits per heavy atom. The zero-order valence-electron chi connectivity index (χ0n) is 10.2. The second-order valence-corrected chi connectivity index (χ2v) is 5.65. The molecule has 16 heavy (non-hydrogen) atoms. The summed E-state index contributed by atoms with van der Waals surface area (Å²) in [6.07, 6.45) is 4.26. The first kappa shape index (κ1) is 12.0. The summed E-state index contributed by atoms with van der Waals surface area (Å²) in [4.78, 5) is 6.00. The molecule has 1 aliphatic carbocycles. The van der Waals surface area contributed by atoms with Crippen LogP contribution in [-0.4, -0.2) is 12.1 Å². The van der Waals surface area contributed by atoms with Gasteiger partial charge in [0.2, 0.25) is 0 Å². The summed E-state index contributed by atoms with van der Waals surface area (Å²) in [5.74, 6) is 0. The first-order chi connectivity index (χ1) is 7.60. The second kappa shape index (κ2) is 4.43. The number of methoxy groups -OCH3 is 1. The highest BCUT2D eigenvalue weighted by atomic mass is 32.1. The molecule has 0 saturated heterocycles. The summed E-state index contributed by atoms with van der Waals surface area (Å²) >= 11 is 1.74. The van der Waals surface area contributed by atoms with Gasteiger partial charge in [0.05, 0.1) is 5.69 Å². The van der Waals surface area contributed by atoms with Crippen molar-refractivity contribution < 1.29 is 4.74 Å². The van der Waals surface area contributed by atoms with E-state index in [1.54, 1.807) is 18.4 Å². The first-order valence-corrected chi connectivity index (χ1v) is 6.73. The van der Waals surface area contributed by atoms with Crippen LogP contribution in [0.4, 0.5) is 0 Å². The molecule has 2 N–H and O–H groups in total. The lowest BCUT2D eigenvalue weighted by atomic mass is 9.99. The zero-order chi connectivity index (χ0) is 11.8. The van der Waals surface area contributed by atoms with Crippen molar-refractivity contribution in [2.75, 3.05) is 7.11 Å². The Hall–Kier alpha value is -0.450. The minimum Gasteiger partial charge on any atom is -0.371 e. The van der Waals surface area contributed by atoms with Gasteiger partial charge in [-0.25, -0.2) is 4.98 Å². The largest absolute Gasteiger partial charge is 0.371 e. The molecule has 3 nitrogen and oxygen atoms in total. The van der Waals surface area contributed by atoms with Gasteiger partial charge in [0.1, 0.15) is 10.6 Å². The summed E-state index contributed by atoms with van der Waals surface area (Å²) in [7, 11) is 1.75. The Bertz CT molecular complexity index is 371. The highest BCUT2D eigenvalue weighted by Gasteiger charge is 2.31. The third kappa shape index (κ3) is 1.90. The van der Waals surface area contributed by atoms with Crippen LogP contribution < -0.4 is 5.73 Å². The van der Waals surface area contributed by atoms with Gasteiger partial charge < -0.3 is 10.5 Å². The smallest absolute Gasteiger partial charge is 0.125 e. The van der Waals surface area contributed by atoms with E-state index in [1.807, 2.05) is 0 Å². The van der Waals surface area contributed by atoms with Crippen molar-refractivity contribution in [1.29, 1.82) is 0 Å². The minimum atomic E-state index is -0.248. The molecule has 4 heteroatoms. The predicted octanol–water partition coefficient (Wildman–Crippen LogP) is 2.75. The number of aryl methyl sites for hydroxylation is 1. The molecular weight excluding hydrogens is 220 g/mol. The number of hydrogen-bond donors (Lipinski definition) is 1. The van der Waals surface area contributed by atoms with Crippen molar-refractivity contribution in [1.82, 2.24) is 4.98 Å². The van der Waals surface area contributed by atoms with Gasteiger partial charge >= 0.3 is 0 Å². The average molecular weight is 240 g/mol. The maximum atomic E-state index is 6.12. The van der Waals surface area contributed by atoms with Gasteiger partial charge in [-0.15, -0.1) is 11.3 Å². The van der Waals surface area contributed by atoms with Crippen molar-refractivity contribution in [3.63, 3.8) is 0 Å². The molecule has 0 fully saturated rings. The van der Waals surface area contributed by atoms with E-state index < -0.39 is 0 Å². The van der Waals surface area contributed by atoms with Crippen molar-refractivity contribution in [3.05, 3.63) is 15.6 Å². The van der Waals surface area contributed by atoms with Crippen LogP contribution in [0.25, 0.3) is 0 Å². The van der Waals surface area contributed by atoms with Crippen molar-refractivity contribution in [3.8, 4) is 0 Å². The van der Waals surface area contributed by atoms with Gasteiger partial charge in [0.25, 0.3) is 0 Å². The lowest BCUT2D eigenvalue weighted by molar-refractivity contribution is -0.00166. The Morgan fingerprint density at radius 1 is 1.62 bits per heavy atom. The lowest BCUT2D eigenvalue weighted by Gasteiger charge is -2.23.